The summed E-state index contributed by atoms with van der Waals surface area (Å²) in [5.74, 6) is 1.17. The van der Waals surface area contributed by atoms with Crippen LogP contribution in [0.3, 0.4) is 0 Å². The maximum absolute atomic E-state index is 12.6. The van der Waals surface area contributed by atoms with Crippen LogP contribution >= 0.6 is 0 Å². The van der Waals surface area contributed by atoms with Crippen LogP contribution in [0.25, 0.3) is 0 Å². The van der Waals surface area contributed by atoms with Crippen LogP contribution in [0.4, 0.5) is 0 Å². The third-order valence-electron chi connectivity index (χ3n) is 4.50. The number of aryl methyl sites for hydroxylation is 1. The molecule has 0 aliphatic carbocycles. The molecule has 0 unspecified atom stereocenters. The zero-order valence-corrected chi connectivity index (χ0v) is 14.7. The molecule has 0 atom stereocenters. The summed E-state index contributed by atoms with van der Waals surface area (Å²) in [7, 11) is 1.83. The Hall–Kier alpha value is -2.15. The minimum atomic E-state index is 0.0774. The molecule has 2 aromatic heterocycles. The number of carbonyl (C=O) groups excluding carboxylic acids is 1. The van der Waals surface area contributed by atoms with Crippen LogP contribution in [0.15, 0.2) is 24.8 Å². The van der Waals surface area contributed by atoms with Gasteiger partial charge < -0.3 is 9.47 Å². The second kappa shape index (κ2) is 7.17. The molecule has 1 aliphatic heterocycles. The first kappa shape index (κ1) is 16.7. The summed E-state index contributed by atoms with van der Waals surface area (Å²) >= 11 is 0. The number of amides is 1. The minimum absolute atomic E-state index is 0.0774. The van der Waals surface area contributed by atoms with E-state index >= 15 is 0 Å². The van der Waals surface area contributed by atoms with Crippen molar-refractivity contribution in [1.29, 1.82) is 0 Å². The molecule has 1 saturated heterocycles. The highest BCUT2D eigenvalue weighted by molar-refractivity contribution is 5.93. The summed E-state index contributed by atoms with van der Waals surface area (Å²) in [6, 6.07) is 0.415. The molecular weight excluding hydrogens is 304 g/mol. The minimum Gasteiger partial charge on any atom is -0.337 e. The van der Waals surface area contributed by atoms with Gasteiger partial charge in [0.15, 0.2) is 0 Å². The number of nitrogens with zero attached hydrogens (tertiary/aromatic N) is 6. The maximum Gasteiger partial charge on any atom is 0.257 e. The predicted molar refractivity (Wildman–Crippen MR) is 91.6 cm³/mol. The highest BCUT2D eigenvalue weighted by atomic mass is 16.2. The number of carbonyl (C=O) groups is 1. The van der Waals surface area contributed by atoms with Gasteiger partial charge in [0.2, 0.25) is 0 Å². The molecule has 0 spiro atoms. The molecule has 2 aromatic rings. The van der Waals surface area contributed by atoms with E-state index in [-0.39, 0.29) is 5.91 Å². The van der Waals surface area contributed by atoms with E-state index < -0.39 is 0 Å². The molecule has 0 N–H and O–H groups in total. The van der Waals surface area contributed by atoms with E-state index in [2.05, 4.69) is 33.4 Å². The Morgan fingerprint density at radius 1 is 1.25 bits per heavy atom. The highest BCUT2D eigenvalue weighted by Gasteiger charge is 2.22. The number of hydrogen-bond acceptors (Lipinski definition) is 4. The Morgan fingerprint density at radius 2 is 2.08 bits per heavy atom. The van der Waals surface area contributed by atoms with Gasteiger partial charge in [-0.25, -0.2) is 4.98 Å². The summed E-state index contributed by atoms with van der Waals surface area (Å²) in [4.78, 5) is 21.4. The molecule has 1 fully saturated rings. The topological polar surface area (TPSA) is 59.2 Å². The number of hydrogen-bond donors (Lipinski definition) is 0. The van der Waals surface area contributed by atoms with Crippen molar-refractivity contribution in [2.45, 2.75) is 32.9 Å². The normalized spacial score (nSPS) is 16.6. The Labute approximate surface area is 142 Å². The van der Waals surface area contributed by atoms with Crippen LogP contribution in [0, 0.1) is 0 Å². The third kappa shape index (κ3) is 3.67. The van der Waals surface area contributed by atoms with Gasteiger partial charge in [0.05, 0.1) is 18.3 Å². The fourth-order valence-corrected chi connectivity index (χ4v) is 3.18. The van der Waals surface area contributed by atoms with Crippen LogP contribution in [-0.2, 0) is 13.6 Å². The summed E-state index contributed by atoms with van der Waals surface area (Å²) in [5.41, 5.74) is 0.668. The van der Waals surface area contributed by atoms with Crippen molar-refractivity contribution in [3.8, 4) is 0 Å². The zero-order valence-electron chi connectivity index (χ0n) is 14.7. The van der Waals surface area contributed by atoms with Crippen LogP contribution < -0.4 is 0 Å². The molecule has 1 aliphatic rings. The van der Waals surface area contributed by atoms with E-state index in [1.807, 2.05) is 24.3 Å². The van der Waals surface area contributed by atoms with Crippen molar-refractivity contribution in [2.75, 3.05) is 26.2 Å². The van der Waals surface area contributed by atoms with Crippen molar-refractivity contribution in [1.82, 2.24) is 29.1 Å². The molecule has 24 heavy (non-hydrogen) atoms. The molecule has 0 bridgehead atoms. The van der Waals surface area contributed by atoms with E-state index in [4.69, 9.17) is 0 Å². The zero-order chi connectivity index (χ0) is 17.1. The Bertz CT molecular complexity index is 689. The van der Waals surface area contributed by atoms with Crippen molar-refractivity contribution in [3.05, 3.63) is 36.2 Å². The van der Waals surface area contributed by atoms with Crippen LogP contribution in [0.2, 0.25) is 0 Å². The van der Waals surface area contributed by atoms with E-state index in [0.717, 1.165) is 45.0 Å². The van der Waals surface area contributed by atoms with Crippen LogP contribution in [0.5, 0.6) is 0 Å². The van der Waals surface area contributed by atoms with Gasteiger partial charge in [0.1, 0.15) is 5.82 Å². The lowest BCUT2D eigenvalue weighted by molar-refractivity contribution is 0.0761. The van der Waals surface area contributed by atoms with Crippen molar-refractivity contribution < 1.29 is 4.79 Å². The molecule has 0 saturated carbocycles. The van der Waals surface area contributed by atoms with Gasteiger partial charge in [-0.1, -0.05) is 0 Å². The average Bonchev–Trinajstić information content (AvgIpc) is 3.11. The molecule has 3 rings (SSSR count). The quantitative estimate of drug-likeness (QED) is 0.853. The molecule has 3 heterocycles. The second-order valence-corrected chi connectivity index (χ2v) is 6.67. The van der Waals surface area contributed by atoms with Crippen molar-refractivity contribution >= 4 is 5.91 Å². The lowest BCUT2D eigenvalue weighted by Gasteiger charge is -2.22. The third-order valence-corrected chi connectivity index (χ3v) is 4.50. The molecular formula is C17H26N6O. The first-order chi connectivity index (χ1) is 11.5. The van der Waals surface area contributed by atoms with Crippen molar-refractivity contribution in [3.63, 3.8) is 0 Å². The summed E-state index contributed by atoms with van der Waals surface area (Å²) in [6.45, 7) is 8.57. The largest absolute Gasteiger partial charge is 0.337 e. The van der Waals surface area contributed by atoms with Crippen LogP contribution in [0.1, 0.15) is 42.5 Å². The number of rotatable bonds is 4. The number of imidazole rings is 1. The van der Waals surface area contributed by atoms with Crippen molar-refractivity contribution in [2.24, 2.45) is 7.05 Å². The fraction of sp³-hybridized carbons (Fsp3) is 0.588. The van der Waals surface area contributed by atoms with Gasteiger partial charge >= 0.3 is 0 Å². The van der Waals surface area contributed by atoms with Gasteiger partial charge in [-0.3, -0.25) is 14.4 Å². The molecule has 0 aromatic carbocycles. The molecule has 0 radical (unpaired) electrons. The van der Waals surface area contributed by atoms with E-state index in [0.29, 0.717) is 11.6 Å². The Kier molecular flexibility index (Phi) is 4.99. The lowest BCUT2D eigenvalue weighted by atomic mass is 10.3. The lowest BCUT2D eigenvalue weighted by Crippen LogP contribution is -2.35. The maximum atomic E-state index is 12.6. The summed E-state index contributed by atoms with van der Waals surface area (Å²) in [5, 5.41) is 4.09. The Balaban J connectivity index is 1.61. The van der Waals surface area contributed by atoms with Crippen LogP contribution in [-0.4, -0.2) is 61.2 Å². The van der Waals surface area contributed by atoms with Gasteiger partial charge in [-0.2, -0.15) is 5.10 Å². The molecule has 7 nitrogen and oxygen atoms in total. The summed E-state index contributed by atoms with van der Waals surface area (Å²) in [6.07, 6.45) is 8.31. The van der Waals surface area contributed by atoms with E-state index in [9.17, 15) is 4.79 Å². The fourth-order valence-electron chi connectivity index (χ4n) is 3.18. The first-order valence-electron chi connectivity index (χ1n) is 8.56. The van der Waals surface area contributed by atoms with Gasteiger partial charge in [-0.15, -0.1) is 0 Å². The molecule has 7 heteroatoms. The standard InChI is InChI=1S/C17H26N6O/c1-14(2)23-8-5-18-16(23)13-21-6-4-7-22(10-9-21)17(24)15-11-19-20(3)12-15/h5,8,11-12,14H,4,6-7,9-10,13H2,1-3H3. The van der Waals surface area contributed by atoms with Gasteiger partial charge in [-0.05, 0) is 20.3 Å². The van der Waals surface area contributed by atoms with E-state index in [1.165, 1.54) is 0 Å². The second-order valence-electron chi connectivity index (χ2n) is 6.67. The van der Waals surface area contributed by atoms with Gasteiger partial charge in [0.25, 0.3) is 5.91 Å². The highest BCUT2D eigenvalue weighted by Crippen LogP contribution is 2.13. The van der Waals surface area contributed by atoms with Gasteiger partial charge in [0, 0.05) is 57.9 Å². The molecule has 1 amide bonds. The Morgan fingerprint density at radius 3 is 2.79 bits per heavy atom. The first-order valence-corrected chi connectivity index (χ1v) is 8.56. The average molecular weight is 330 g/mol. The predicted octanol–water partition coefficient (Wildman–Crippen LogP) is 1.55. The smallest absolute Gasteiger partial charge is 0.257 e. The molecule has 130 valence electrons. The van der Waals surface area contributed by atoms with E-state index in [1.54, 1.807) is 17.1 Å². The monoisotopic (exact) mass is 330 g/mol. The summed E-state index contributed by atoms with van der Waals surface area (Å²) < 4.78 is 3.88. The number of aromatic nitrogens is 4. The SMILES string of the molecule is CC(C)n1ccnc1CN1CCCN(C(=O)c2cnn(C)c2)CC1.